The highest BCUT2D eigenvalue weighted by atomic mass is 32.2. The van der Waals surface area contributed by atoms with E-state index in [4.69, 9.17) is 4.74 Å². The van der Waals surface area contributed by atoms with Crippen LogP contribution in [-0.4, -0.2) is 23.6 Å². The molecule has 144 valence electrons. The molecular weight excluding hydrogens is 316 g/mol. The quantitative estimate of drug-likeness (QED) is 0.192. The molecule has 3 heteroatoms. The fourth-order valence-corrected chi connectivity index (χ4v) is 3.94. The maximum absolute atomic E-state index is 12.4. The number of rotatable bonds is 18. The van der Waals surface area contributed by atoms with E-state index in [-0.39, 0.29) is 11.2 Å². The summed E-state index contributed by atoms with van der Waals surface area (Å²) in [6.45, 7) is 7.29. The Morgan fingerprint density at radius 3 is 1.96 bits per heavy atom. The highest BCUT2D eigenvalue weighted by molar-refractivity contribution is 8.00. The molecule has 0 heterocycles. The minimum Gasteiger partial charge on any atom is -0.465 e. The number of thioether (sulfide) groups is 1. The van der Waals surface area contributed by atoms with Crippen LogP contribution >= 0.6 is 11.8 Å². The second kappa shape index (κ2) is 19.1. The van der Waals surface area contributed by atoms with Crippen molar-refractivity contribution >= 4 is 17.7 Å². The highest BCUT2D eigenvalue weighted by Gasteiger charge is 2.19. The third-order valence-electron chi connectivity index (χ3n) is 4.39. The van der Waals surface area contributed by atoms with Crippen LogP contribution in [0.4, 0.5) is 0 Å². The van der Waals surface area contributed by atoms with Gasteiger partial charge in [0.25, 0.3) is 0 Å². The van der Waals surface area contributed by atoms with Crippen molar-refractivity contribution in [3.05, 3.63) is 0 Å². The number of esters is 1. The molecule has 0 aliphatic rings. The lowest BCUT2D eigenvalue weighted by atomic mass is 10.1. The molecule has 0 bridgehead atoms. The first-order valence-corrected chi connectivity index (χ1v) is 11.6. The summed E-state index contributed by atoms with van der Waals surface area (Å²) in [5.41, 5.74) is 0. The highest BCUT2D eigenvalue weighted by Crippen LogP contribution is 2.22. The van der Waals surface area contributed by atoms with Crippen LogP contribution in [0.3, 0.4) is 0 Å². The lowest BCUT2D eigenvalue weighted by molar-refractivity contribution is -0.143. The van der Waals surface area contributed by atoms with Crippen molar-refractivity contribution in [3.63, 3.8) is 0 Å². The first kappa shape index (κ1) is 23.8. The minimum absolute atomic E-state index is 0.0431. The second-order valence-corrected chi connectivity index (χ2v) is 8.16. The smallest absolute Gasteiger partial charge is 0.319 e. The summed E-state index contributed by atoms with van der Waals surface area (Å²) in [6, 6.07) is 0. The van der Waals surface area contributed by atoms with Gasteiger partial charge in [0.15, 0.2) is 0 Å². The van der Waals surface area contributed by atoms with Gasteiger partial charge in [0.1, 0.15) is 5.25 Å². The summed E-state index contributed by atoms with van der Waals surface area (Å²) in [5.74, 6) is 1.14. The molecule has 0 fully saturated rings. The summed E-state index contributed by atoms with van der Waals surface area (Å²) in [7, 11) is 0. The van der Waals surface area contributed by atoms with Crippen LogP contribution in [0.5, 0.6) is 0 Å². The molecule has 0 spiro atoms. The van der Waals surface area contributed by atoms with Gasteiger partial charge in [-0.25, -0.2) is 0 Å². The lowest BCUT2D eigenvalue weighted by Gasteiger charge is -2.16. The zero-order chi connectivity index (χ0) is 17.9. The molecule has 0 aromatic heterocycles. The summed E-state index contributed by atoms with van der Waals surface area (Å²) < 4.78 is 5.54. The van der Waals surface area contributed by atoms with Crippen LogP contribution in [0.1, 0.15) is 111 Å². The van der Waals surface area contributed by atoms with Gasteiger partial charge in [0, 0.05) is 0 Å². The van der Waals surface area contributed by atoms with Crippen LogP contribution in [0.25, 0.3) is 0 Å². The van der Waals surface area contributed by atoms with Gasteiger partial charge in [-0.1, -0.05) is 91.4 Å². The van der Waals surface area contributed by atoms with Crippen LogP contribution in [0.15, 0.2) is 0 Å². The molecule has 0 N–H and O–H groups in total. The van der Waals surface area contributed by atoms with Crippen molar-refractivity contribution in [2.45, 2.75) is 116 Å². The maximum Gasteiger partial charge on any atom is 0.319 e. The van der Waals surface area contributed by atoms with Crippen molar-refractivity contribution in [1.29, 1.82) is 0 Å². The Kier molecular flexibility index (Phi) is 19.0. The van der Waals surface area contributed by atoms with Crippen molar-refractivity contribution in [2.75, 3.05) is 12.4 Å². The Morgan fingerprint density at radius 2 is 1.29 bits per heavy atom. The van der Waals surface area contributed by atoms with Gasteiger partial charge in [0.2, 0.25) is 0 Å². The zero-order valence-corrected chi connectivity index (χ0v) is 17.4. The topological polar surface area (TPSA) is 26.3 Å². The van der Waals surface area contributed by atoms with Crippen LogP contribution < -0.4 is 0 Å². The molecule has 0 aromatic carbocycles. The summed E-state index contributed by atoms with van der Waals surface area (Å²) in [5, 5.41) is 0.0687. The predicted octanol–water partition coefficient (Wildman–Crippen LogP) is 7.15. The molecule has 1 unspecified atom stereocenters. The average Bonchev–Trinajstić information content (AvgIpc) is 2.59. The van der Waals surface area contributed by atoms with Gasteiger partial charge in [-0.05, 0) is 25.0 Å². The first-order chi connectivity index (χ1) is 11.8. The minimum atomic E-state index is 0.0431. The van der Waals surface area contributed by atoms with Crippen LogP contribution in [0.2, 0.25) is 0 Å². The standard InChI is InChI=1S/C21H42O2S/c1-4-7-10-12-13-14-17-20(24-19-16-9-6-3)21(22)23-18-15-11-8-5-2/h20H,4-19H2,1-3H3. The van der Waals surface area contributed by atoms with Crippen molar-refractivity contribution < 1.29 is 9.53 Å². The normalized spacial score (nSPS) is 12.3. The summed E-state index contributed by atoms with van der Waals surface area (Å²) in [4.78, 5) is 12.4. The predicted molar refractivity (Wildman–Crippen MR) is 109 cm³/mol. The Bertz CT molecular complexity index is 269. The summed E-state index contributed by atoms with van der Waals surface area (Å²) in [6.07, 6.45) is 17.1. The Morgan fingerprint density at radius 1 is 0.750 bits per heavy atom. The van der Waals surface area contributed by atoms with Crippen molar-refractivity contribution in [1.82, 2.24) is 0 Å². The van der Waals surface area contributed by atoms with Gasteiger partial charge < -0.3 is 4.74 Å². The zero-order valence-electron chi connectivity index (χ0n) is 16.6. The van der Waals surface area contributed by atoms with E-state index >= 15 is 0 Å². The molecule has 0 radical (unpaired) electrons. The molecule has 2 nitrogen and oxygen atoms in total. The first-order valence-electron chi connectivity index (χ1n) is 10.5. The number of unbranched alkanes of at least 4 members (excludes halogenated alkanes) is 10. The van der Waals surface area contributed by atoms with E-state index in [9.17, 15) is 4.79 Å². The molecule has 0 amide bonds. The van der Waals surface area contributed by atoms with E-state index in [0.29, 0.717) is 6.61 Å². The van der Waals surface area contributed by atoms with Crippen LogP contribution in [0, 0.1) is 0 Å². The van der Waals surface area contributed by atoms with E-state index in [1.807, 2.05) is 11.8 Å². The van der Waals surface area contributed by atoms with Gasteiger partial charge in [0.05, 0.1) is 6.61 Å². The molecule has 0 saturated carbocycles. The number of hydrogen-bond acceptors (Lipinski definition) is 3. The van der Waals surface area contributed by atoms with Crippen molar-refractivity contribution in [2.24, 2.45) is 0 Å². The second-order valence-electron chi connectivity index (χ2n) is 6.85. The number of hydrogen-bond donors (Lipinski definition) is 0. The largest absolute Gasteiger partial charge is 0.465 e. The van der Waals surface area contributed by atoms with Crippen molar-refractivity contribution in [3.8, 4) is 0 Å². The lowest BCUT2D eigenvalue weighted by Crippen LogP contribution is -2.21. The van der Waals surface area contributed by atoms with Gasteiger partial charge in [-0.2, -0.15) is 0 Å². The Hall–Kier alpha value is -0.180. The van der Waals surface area contributed by atoms with Crippen LogP contribution in [-0.2, 0) is 9.53 Å². The third-order valence-corrected chi connectivity index (χ3v) is 5.75. The molecular formula is C21H42O2S. The molecule has 0 rings (SSSR count). The number of carbonyl (C=O) groups excluding carboxylic acids is 1. The molecule has 24 heavy (non-hydrogen) atoms. The van der Waals surface area contributed by atoms with Gasteiger partial charge in [-0.15, -0.1) is 11.8 Å². The molecule has 0 aliphatic carbocycles. The average molecular weight is 359 g/mol. The van der Waals surface area contributed by atoms with E-state index in [1.54, 1.807) is 0 Å². The van der Waals surface area contributed by atoms with Gasteiger partial charge in [-0.3, -0.25) is 4.79 Å². The van der Waals surface area contributed by atoms with E-state index in [0.717, 1.165) is 18.6 Å². The summed E-state index contributed by atoms with van der Waals surface area (Å²) >= 11 is 1.83. The maximum atomic E-state index is 12.4. The fourth-order valence-electron chi connectivity index (χ4n) is 2.75. The molecule has 1 atom stereocenters. The molecule has 0 aliphatic heterocycles. The number of ether oxygens (including phenoxy) is 1. The monoisotopic (exact) mass is 358 g/mol. The SMILES string of the molecule is CCCCCCCCC(SCCCCC)C(=O)OCCCCCC. The third kappa shape index (κ3) is 15.4. The number of carbonyl (C=O) groups is 1. The Labute approximate surface area is 155 Å². The van der Waals surface area contributed by atoms with E-state index in [1.165, 1.54) is 77.0 Å². The molecule has 0 saturated heterocycles. The fraction of sp³-hybridized carbons (Fsp3) is 0.952. The molecule has 0 aromatic rings. The Balaban J connectivity index is 3.98. The van der Waals surface area contributed by atoms with E-state index in [2.05, 4.69) is 20.8 Å². The van der Waals surface area contributed by atoms with Gasteiger partial charge >= 0.3 is 5.97 Å². The van der Waals surface area contributed by atoms with E-state index < -0.39 is 0 Å².